The summed E-state index contributed by atoms with van der Waals surface area (Å²) in [4.78, 5) is 0.858. The first kappa shape index (κ1) is 21.4. The molecule has 1 saturated heterocycles. The maximum Gasteiger partial charge on any atom is 0.280 e. The third kappa shape index (κ3) is 4.82. The van der Waals surface area contributed by atoms with Crippen molar-refractivity contribution in [3.63, 3.8) is 0 Å². The highest BCUT2D eigenvalue weighted by Gasteiger charge is 2.42. The van der Waals surface area contributed by atoms with Gasteiger partial charge in [-0.2, -0.15) is 17.4 Å². The Kier molecular flexibility index (Phi) is 6.92. The van der Waals surface area contributed by atoms with Crippen molar-refractivity contribution in [1.82, 2.24) is 9.03 Å². The lowest BCUT2D eigenvalue weighted by molar-refractivity contribution is 0.0756. The molecular weight excluding hydrogens is 429 g/mol. The Labute approximate surface area is 172 Å². The fraction of sp³-hybridized carbons (Fsp3) is 0.412. The summed E-state index contributed by atoms with van der Waals surface area (Å²) in [6.45, 7) is 0.257. The third-order valence-electron chi connectivity index (χ3n) is 4.45. The number of rotatable bonds is 7. The van der Waals surface area contributed by atoms with Crippen molar-refractivity contribution in [3.05, 3.63) is 51.4 Å². The number of ether oxygens (including phenoxy) is 1. The van der Waals surface area contributed by atoms with Crippen LogP contribution in [0.15, 0.2) is 35.7 Å². The van der Waals surface area contributed by atoms with E-state index in [1.165, 1.54) is 41.0 Å². The number of hydrogen-bond donors (Lipinski definition) is 3. The maximum absolute atomic E-state index is 13.4. The first-order valence-electron chi connectivity index (χ1n) is 8.53. The van der Waals surface area contributed by atoms with Gasteiger partial charge in [-0.25, -0.2) is 4.39 Å². The number of halogens is 2. The highest BCUT2D eigenvalue weighted by Crippen LogP contribution is 2.33. The number of hydrogen-bond acceptors (Lipinski definition) is 6. The molecule has 2 heterocycles. The Hall–Kier alpha value is -1.27. The first-order valence-corrected chi connectivity index (χ1v) is 11.2. The van der Waals surface area contributed by atoms with Crippen LogP contribution in [0, 0.1) is 5.82 Å². The number of nitrogens with zero attached hydrogens (tertiary/aromatic N) is 1. The van der Waals surface area contributed by atoms with Crippen LogP contribution in [0.4, 0.5) is 10.1 Å². The van der Waals surface area contributed by atoms with E-state index in [-0.39, 0.29) is 18.2 Å². The fourth-order valence-electron chi connectivity index (χ4n) is 3.10. The molecule has 1 aliphatic heterocycles. The van der Waals surface area contributed by atoms with E-state index in [4.69, 9.17) is 16.3 Å². The molecule has 0 radical (unpaired) electrons. The summed E-state index contributed by atoms with van der Waals surface area (Å²) in [5.74, 6) is -0.578. The van der Waals surface area contributed by atoms with Crippen molar-refractivity contribution in [3.8, 4) is 0 Å². The Morgan fingerprint density at radius 3 is 2.93 bits per heavy atom. The van der Waals surface area contributed by atoms with E-state index >= 15 is 0 Å². The van der Waals surface area contributed by atoms with Crippen molar-refractivity contribution in [2.75, 3.05) is 25.6 Å². The first-order chi connectivity index (χ1) is 13.3. The summed E-state index contributed by atoms with van der Waals surface area (Å²) in [5.41, 5.74) is 0.384. The van der Waals surface area contributed by atoms with Crippen LogP contribution in [-0.2, 0) is 14.9 Å². The summed E-state index contributed by atoms with van der Waals surface area (Å²) >= 11 is 7.23. The van der Waals surface area contributed by atoms with E-state index in [0.29, 0.717) is 12.1 Å². The Bertz CT molecular complexity index is 898. The zero-order valence-electron chi connectivity index (χ0n) is 15.0. The second-order valence-electron chi connectivity index (χ2n) is 6.32. The van der Waals surface area contributed by atoms with E-state index in [1.54, 1.807) is 0 Å². The van der Waals surface area contributed by atoms with Gasteiger partial charge in [0.25, 0.3) is 10.2 Å². The quantitative estimate of drug-likeness (QED) is 0.565. The average molecular weight is 450 g/mol. The maximum atomic E-state index is 13.4. The third-order valence-corrected chi connectivity index (χ3v) is 7.38. The van der Waals surface area contributed by atoms with Gasteiger partial charge in [0.2, 0.25) is 0 Å². The SMILES string of the molecule is COCCN1[C@@H](C(O)Nc2ccc(F)c(Cl)c2)C[C@@H](c2cccs2)NS1(=O)=O. The van der Waals surface area contributed by atoms with E-state index < -0.39 is 34.3 Å². The number of benzene rings is 1. The topological polar surface area (TPSA) is 90.9 Å². The highest BCUT2D eigenvalue weighted by molar-refractivity contribution is 7.87. The van der Waals surface area contributed by atoms with Crippen LogP contribution < -0.4 is 10.0 Å². The van der Waals surface area contributed by atoms with Crippen molar-refractivity contribution in [2.24, 2.45) is 0 Å². The molecule has 3 rings (SSSR count). The molecule has 1 aromatic heterocycles. The average Bonchev–Trinajstić information content (AvgIpc) is 3.17. The minimum Gasteiger partial charge on any atom is -0.383 e. The lowest BCUT2D eigenvalue weighted by atomic mass is 10.0. The zero-order valence-corrected chi connectivity index (χ0v) is 17.4. The summed E-state index contributed by atoms with van der Waals surface area (Å²) in [6, 6.07) is 6.41. The summed E-state index contributed by atoms with van der Waals surface area (Å²) in [7, 11) is -2.37. The number of anilines is 1. The molecule has 0 aliphatic carbocycles. The molecule has 1 aliphatic rings. The van der Waals surface area contributed by atoms with Crippen LogP contribution in [0.25, 0.3) is 0 Å². The molecule has 154 valence electrons. The zero-order chi connectivity index (χ0) is 20.3. The molecule has 0 spiro atoms. The van der Waals surface area contributed by atoms with Gasteiger partial charge in [0, 0.05) is 24.2 Å². The van der Waals surface area contributed by atoms with Crippen molar-refractivity contribution in [2.45, 2.75) is 24.7 Å². The van der Waals surface area contributed by atoms with Crippen LogP contribution in [0.3, 0.4) is 0 Å². The Balaban J connectivity index is 1.86. The lowest BCUT2D eigenvalue weighted by Gasteiger charge is -2.41. The summed E-state index contributed by atoms with van der Waals surface area (Å²) < 4.78 is 47.9. The minimum absolute atomic E-state index is 0.0799. The molecule has 0 bridgehead atoms. The summed E-state index contributed by atoms with van der Waals surface area (Å²) in [5, 5.41) is 15.4. The van der Waals surface area contributed by atoms with Crippen LogP contribution in [0.2, 0.25) is 5.02 Å². The summed E-state index contributed by atoms with van der Waals surface area (Å²) in [6.07, 6.45) is -0.898. The van der Waals surface area contributed by atoms with Gasteiger partial charge in [0.05, 0.1) is 23.7 Å². The van der Waals surface area contributed by atoms with Crippen LogP contribution >= 0.6 is 22.9 Å². The number of aliphatic hydroxyl groups is 1. The van der Waals surface area contributed by atoms with Crippen LogP contribution in [0.1, 0.15) is 17.3 Å². The monoisotopic (exact) mass is 449 g/mol. The van der Waals surface area contributed by atoms with Crippen LogP contribution in [-0.4, -0.2) is 50.4 Å². The Morgan fingerprint density at radius 2 is 2.29 bits per heavy atom. The number of aliphatic hydroxyl groups excluding tert-OH is 1. The molecule has 3 N–H and O–H groups in total. The molecule has 7 nitrogen and oxygen atoms in total. The van der Waals surface area contributed by atoms with Crippen LogP contribution in [0.5, 0.6) is 0 Å². The second-order valence-corrected chi connectivity index (χ2v) is 9.36. The molecule has 1 fully saturated rings. The molecular formula is C17H21ClFN3O4S2. The molecule has 28 heavy (non-hydrogen) atoms. The number of nitrogens with one attached hydrogen (secondary N) is 2. The van der Waals surface area contributed by atoms with Gasteiger partial charge in [-0.1, -0.05) is 17.7 Å². The Morgan fingerprint density at radius 1 is 1.50 bits per heavy atom. The normalized spacial score (nSPS) is 23.4. The molecule has 11 heteroatoms. The number of thiophene rings is 1. The smallest absolute Gasteiger partial charge is 0.280 e. The number of methoxy groups -OCH3 is 1. The van der Waals surface area contributed by atoms with Gasteiger partial charge < -0.3 is 15.2 Å². The standard InChI is InChI=1S/C17H21ClFN3O4S2/c1-26-7-6-22-15(17(23)20-11-4-5-13(19)12(18)9-11)10-14(21-28(22,24)25)16-3-2-8-27-16/h2-5,8-9,14-15,17,20-21,23H,6-7,10H2,1H3/t14-,15+,17?/m0/s1. The molecule has 1 unspecified atom stereocenters. The highest BCUT2D eigenvalue weighted by atomic mass is 35.5. The fourth-order valence-corrected chi connectivity index (χ4v) is 5.74. The molecule has 3 atom stereocenters. The van der Waals surface area contributed by atoms with Gasteiger partial charge in [-0.15, -0.1) is 11.3 Å². The molecule has 0 amide bonds. The van der Waals surface area contributed by atoms with E-state index in [9.17, 15) is 17.9 Å². The van der Waals surface area contributed by atoms with Crippen molar-refractivity contribution >= 4 is 38.8 Å². The van der Waals surface area contributed by atoms with Gasteiger partial charge in [0.15, 0.2) is 0 Å². The largest absolute Gasteiger partial charge is 0.383 e. The van der Waals surface area contributed by atoms with Gasteiger partial charge in [-0.3, -0.25) is 0 Å². The van der Waals surface area contributed by atoms with Crippen molar-refractivity contribution in [1.29, 1.82) is 0 Å². The second kappa shape index (κ2) is 9.04. The van der Waals surface area contributed by atoms with E-state index in [1.807, 2.05) is 17.5 Å². The van der Waals surface area contributed by atoms with E-state index in [0.717, 1.165) is 4.88 Å². The van der Waals surface area contributed by atoms with E-state index in [2.05, 4.69) is 10.0 Å². The van der Waals surface area contributed by atoms with Gasteiger partial charge in [0.1, 0.15) is 12.0 Å². The van der Waals surface area contributed by atoms with Crippen molar-refractivity contribution < 1.29 is 22.7 Å². The molecule has 2 aromatic rings. The molecule has 1 aromatic carbocycles. The molecule has 0 saturated carbocycles. The van der Waals surface area contributed by atoms with Gasteiger partial charge >= 0.3 is 0 Å². The predicted octanol–water partition coefficient (Wildman–Crippen LogP) is 2.57. The minimum atomic E-state index is -3.85. The lowest BCUT2D eigenvalue weighted by Crippen LogP contribution is -2.59. The van der Waals surface area contributed by atoms with Gasteiger partial charge in [-0.05, 0) is 36.1 Å². The predicted molar refractivity (Wildman–Crippen MR) is 107 cm³/mol.